The number of hydrogen-bond acceptors (Lipinski definition) is 6. The molecule has 0 unspecified atom stereocenters. The molecule has 1 atom stereocenters. The zero-order chi connectivity index (χ0) is 22.1. The van der Waals surface area contributed by atoms with E-state index in [0.717, 1.165) is 16.9 Å². The van der Waals surface area contributed by atoms with Gasteiger partial charge in [0, 0.05) is 12.6 Å². The first-order valence-electron chi connectivity index (χ1n) is 9.88. The van der Waals surface area contributed by atoms with Crippen LogP contribution >= 0.6 is 11.8 Å². The number of ether oxygens (including phenoxy) is 1. The van der Waals surface area contributed by atoms with Gasteiger partial charge in [-0.15, -0.1) is 11.8 Å². The van der Waals surface area contributed by atoms with Crippen molar-refractivity contribution in [2.75, 3.05) is 11.1 Å². The van der Waals surface area contributed by atoms with Crippen LogP contribution in [0.4, 0.5) is 5.82 Å². The van der Waals surface area contributed by atoms with Gasteiger partial charge in [0.2, 0.25) is 11.8 Å². The van der Waals surface area contributed by atoms with Crippen molar-refractivity contribution < 1.29 is 18.8 Å². The van der Waals surface area contributed by atoms with Crippen LogP contribution in [0.1, 0.15) is 23.8 Å². The highest BCUT2D eigenvalue weighted by atomic mass is 32.2. The van der Waals surface area contributed by atoms with E-state index in [-0.39, 0.29) is 17.6 Å². The molecule has 0 spiro atoms. The van der Waals surface area contributed by atoms with Crippen molar-refractivity contribution in [1.29, 1.82) is 0 Å². The van der Waals surface area contributed by atoms with Gasteiger partial charge in [-0.25, -0.2) is 0 Å². The molecule has 162 valence electrons. The van der Waals surface area contributed by atoms with Gasteiger partial charge >= 0.3 is 0 Å². The summed E-state index contributed by atoms with van der Waals surface area (Å²) in [5, 5.41) is 8.90. The lowest BCUT2D eigenvalue weighted by molar-refractivity contribution is -0.118. The average Bonchev–Trinajstić information content (AvgIpc) is 3.20. The molecular formula is C23H25N3O4S. The van der Waals surface area contributed by atoms with Gasteiger partial charge in [0.05, 0.1) is 11.0 Å². The molecule has 3 aromatic rings. The number of rotatable bonds is 10. The lowest BCUT2D eigenvalue weighted by atomic mass is 10.1. The molecule has 1 heterocycles. The molecule has 2 aromatic carbocycles. The Morgan fingerprint density at radius 2 is 1.81 bits per heavy atom. The second kappa shape index (κ2) is 11.2. The standard InChI is InChI=1S/C23H25N3O4S/c1-16-12-21(26-30-16)25-23(28)17(2)31-15-22(27)24-13-18-8-6-7-9-19(18)14-29-20-10-4-3-5-11-20/h3-12,17H,13-15H2,1-2H3,(H,24,27)(H,25,26,28)/t17-/m1/s1. The van der Waals surface area contributed by atoms with Crippen molar-refractivity contribution >= 4 is 29.4 Å². The maximum atomic E-state index is 12.3. The number of nitrogens with zero attached hydrogens (tertiary/aromatic N) is 1. The first-order chi connectivity index (χ1) is 15.0. The number of carbonyl (C=O) groups is 2. The number of aromatic nitrogens is 1. The zero-order valence-electron chi connectivity index (χ0n) is 17.5. The number of aryl methyl sites for hydroxylation is 1. The third kappa shape index (κ3) is 7.18. The van der Waals surface area contributed by atoms with Crippen LogP contribution < -0.4 is 15.4 Å². The van der Waals surface area contributed by atoms with Crippen LogP contribution in [0.3, 0.4) is 0 Å². The van der Waals surface area contributed by atoms with E-state index in [1.807, 2.05) is 54.6 Å². The second-order valence-electron chi connectivity index (χ2n) is 6.91. The number of hydrogen-bond donors (Lipinski definition) is 2. The summed E-state index contributed by atoms with van der Waals surface area (Å²) in [4.78, 5) is 24.5. The Balaban J connectivity index is 1.43. The van der Waals surface area contributed by atoms with Gasteiger partial charge in [-0.2, -0.15) is 0 Å². The van der Waals surface area contributed by atoms with E-state index in [4.69, 9.17) is 9.26 Å². The van der Waals surface area contributed by atoms with Crippen molar-refractivity contribution in [3.05, 3.63) is 77.6 Å². The van der Waals surface area contributed by atoms with Gasteiger partial charge in [-0.05, 0) is 37.1 Å². The van der Waals surface area contributed by atoms with Gasteiger partial charge in [0.15, 0.2) is 5.82 Å². The van der Waals surface area contributed by atoms with Crippen LogP contribution in [0.2, 0.25) is 0 Å². The molecule has 3 rings (SSSR count). The van der Waals surface area contributed by atoms with E-state index < -0.39 is 5.25 Å². The monoisotopic (exact) mass is 439 g/mol. The first kappa shape index (κ1) is 22.4. The number of benzene rings is 2. The quantitative estimate of drug-likeness (QED) is 0.497. The number of thioether (sulfide) groups is 1. The summed E-state index contributed by atoms with van der Waals surface area (Å²) in [7, 11) is 0. The summed E-state index contributed by atoms with van der Waals surface area (Å²) in [5.74, 6) is 1.59. The maximum Gasteiger partial charge on any atom is 0.238 e. The van der Waals surface area contributed by atoms with Gasteiger partial charge in [-0.3, -0.25) is 9.59 Å². The Bertz CT molecular complexity index is 1010. The van der Waals surface area contributed by atoms with Gasteiger partial charge in [-0.1, -0.05) is 47.6 Å². The molecule has 0 aliphatic carbocycles. The molecule has 0 saturated carbocycles. The van der Waals surface area contributed by atoms with Crippen molar-refractivity contribution in [2.24, 2.45) is 0 Å². The van der Waals surface area contributed by atoms with E-state index in [9.17, 15) is 9.59 Å². The van der Waals surface area contributed by atoms with E-state index >= 15 is 0 Å². The number of anilines is 1. The van der Waals surface area contributed by atoms with Crippen molar-refractivity contribution in [2.45, 2.75) is 32.2 Å². The van der Waals surface area contributed by atoms with Crippen LogP contribution in [-0.2, 0) is 22.7 Å². The molecule has 0 saturated heterocycles. The summed E-state index contributed by atoms with van der Waals surface area (Å²) in [6.07, 6.45) is 0. The minimum Gasteiger partial charge on any atom is -0.489 e. The Morgan fingerprint density at radius 1 is 1.10 bits per heavy atom. The molecule has 0 radical (unpaired) electrons. The molecule has 2 N–H and O–H groups in total. The zero-order valence-corrected chi connectivity index (χ0v) is 18.3. The minimum absolute atomic E-state index is 0.138. The lowest BCUT2D eigenvalue weighted by Gasteiger charge is -2.13. The molecule has 1 aromatic heterocycles. The Kier molecular flexibility index (Phi) is 8.12. The van der Waals surface area contributed by atoms with Gasteiger partial charge < -0.3 is 19.9 Å². The first-order valence-corrected chi connectivity index (χ1v) is 10.9. The normalized spacial score (nSPS) is 11.5. The van der Waals surface area contributed by atoms with Crippen molar-refractivity contribution in [1.82, 2.24) is 10.5 Å². The second-order valence-corrected chi connectivity index (χ2v) is 8.24. The van der Waals surface area contributed by atoms with E-state index in [0.29, 0.717) is 24.7 Å². The van der Waals surface area contributed by atoms with E-state index in [2.05, 4.69) is 15.8 Å². The van der Waals surface area contributed by atoms with Crippen LogP contribution in [0, 0.1) is 6.92 Å². The third-order valence-corrected chi connectivity index (χ3v) is 5.59. The highest BCUT2D eigenvalue weighted by molar-refractivity contribution is 8.01. The predicted molar refractivity (Wildman–Crippen MR) is 121 cm³/mol. The van der Waals surface area contributed by atoms with Crippen molar-refractivity contribution in [3.8, 4) is 5.75 Å². The Morgan fingerprint density at radius 3 is 2.52 bits per heavy atom. The van der Waals surface area contributed by atoms with E-state index in [1.165, 1.54) is 11.8 Å². The summed E-state index contributed by atoms with van der Waals surface area (Å²) in [6, 6.07) is 19.1. The maximum absolute atomic E-state index is 12.3. The molecular weight excluding hydrogens is 414 g/mol. The third-order valence-electron chi connectivity index (χ3n) is 4.44. The van der Waals surface area contributed by atoms with Crippen molar-refractivity contribution in [3.63, 3.8) is 0 Å². The smallest absolute Gasteiger partial charge is 0.238 e. The molecule has 31 heavy (non-hydrogen) atoms. The number of nitrogens with one attached hydrogen (secondary N) is 2. The molecule has 0 aliphatic heterocycles. The number of para-hydroxylation sites is 1. The highest BCUT2D eigenvalue weighted by Gasteiger charge is 2.17. The van der Waals surface area contributed by atoms with E-state index in [1.54, 1.807) is 19.9 Å². The highest BCUT2D eigenvalue weighted by Crippen LogP contribution is 2.16. The number of amides is 2. The fourth-order valence-electron chi connectivity index (χ4n) is 2.72. The fourth-order valence-corrected chi connectivity index (χ4v) is 3.44. The summed E-state index contributed by atoms with van der Waals surface area (Å²) >= 11 is 1.26. The molecule has 7 nitrogen and oxygen atoms in total. The molecule has 0 bridgehead atoms. The van der Waals surface area contributed by atoms with Crippen LogP contribution in [0.25, 0.3) is 0 Å². The topological polar surface area (TPSA) is 93.5 Å². The van der Waals surface area contributed by atoms with Gasteiger partial charge in [0.1, 0.15) is 18.1 Å². The summed E-state index contributed by atoms with van der Waals surface area (Å²) in [5.41, 5.74) is 2.00. The SMILES string of the molecule is Cc1cc(NC(=O)[C@@H](C)SCC(=O)NCc2ccccc2COc2ccccc2)no1. The summed E-state index contributed by atoms with van der Waals surface area (Å²) in [6.45, 7) is 4.31. The van der Waals surface area contributed by atoms with Gasteiger partial charge in [0.25, 0.3) is 0 Å². The Labute approximate surface area is 185 Å². The number of carbonyl (C=O) groups excluding carboxylic acids is 2. The van der Waals surface area contributed by atoms with Crippen LogP contribution in [-0.4, -0.2) is 28.0 Å². The lowest BCUT2D eigenvalue weighted by Crippen LogP contribution is -2.28. The minimum atomic E-state index is -0.408. The Hall–Kier alpha value is -3.26. The predicted octanol–water partition coefficient (Wildman–Crippen LogP) is 3.94. The largest absolute Gasteiger partial charge is 0.489 e. The summed E-state index contributed by atoms with van der Waals surface area (Å²) < 4.78 is 10.7. The van der Waals surface area contributed by atoms with Crippen LogP contribution in [0.5, 0.6) is 5.75 Å². The average molecular weight is 440 g/mol. The van der Waals surface area contributed by atoms with Crippen LogP contribution in [0.15, 0.2) is 65.2 Å². The molecule has 0 fully saturated rings. The molecule has 8 heteroatoms. The molecule has 2 amide bonds. The fraction of sp³-hybridized carbons (Fsp3) is 0.261. The molecule has 0 aliphatic rings.